The van der Waals surface area contributed by atoms with Gasteiger partial charge in [0.05, 0.1) is 18.8 Å². The van der Waals surface area contributed by atoms with Crippen molar-refractivity contribution in [1.82, 2.24) is 20.4 Å². The van der Waals surface area contributed by atoms with Gasteiger partial charge in [-0.3, -0.25) is 14.5 Å². The van der Waals surface area contributed by atoms with Gasteiger partial charge in [-0.05, 0) is 36.9 Å². The van der Waals surface area contributed by atoms with Crippen LogP contribution in [-0.4, -0.2) is 68.2 Å². The van der Waals surface area contributed by atoms with Crippen molar-refractivity contribution in [2.24, 2.45) is 0 Å². The number of piperazine rings is 1. The van der Waals surface area contributed by atoms with E-state index in [0.717, 1.165) is 37.5 Å². The van der Waals surface area contributed by atoms with Crippen LogP contribution >= 0.6 is 0 Å². The van der Waals surface area contributed by atoms with Crippen LogP contribution in [0.25, 0.3) is 0 Å². The van der Waals surface area contributed by atoms with Gasteiger partial charge in [-0.1, -0.05) is 6.07 Å². The number of amides is 2. The molecule has 0 aliphatic carbocycles. The van der Waals surface area contributed by atoms with Gasteiger partial charge in [0.25, 0.3) is 0 Å². The lowest BCUT2D eigenvalue weighted by molar-refractivity contribution is -0.139. The summed E-state index contributed by atoms with van der Waals surface area (Å²) in [4.78, 5) is 29.1. The second-order valence-electron chi connectivity index (χ2n) is 7.44. The van der Waals surface area contributed by atoms with Crippen LogP contribution in [0.15, 0.2) is 41.0 Å². The quantitative estimate of drug-likeness (QED) is 0.673. The van der Waals surface area contributed by atoms with Crippen LogP contribution in [0.5, 0.6) is 11.5 Å². The zero-order valence-corrected chi connectivity index (χ0v) is 16.9. The van der Waals surface area contributed by atoms with Gasteiger partial charge >= 0.3 is 11.8 Å². The first kappa shape index (κ1) is 20.2. The fraction of sp³-hybridized carbons (Fsp3) is 0.429. The lowest BCUT2D eigenvalue weighted by Crippen LogP contribution is -2.49. The fourth-order valence-corrected chi connectivity index (χ4v) is 3.64. The normalized spacial score (nSPS) is 17.5. The second-order valence-corrected chi connectivity index (χ2v) is 7.44. The maximum Gasteiger partial charge on any atom is 0.309 e. The third kappa shape index (κ3) is 4.74. The summed E-state index contributed by atoms with van der Waals surface area (Å²) in [6.07, 6.45) is 1.52. The zero-order valence-electron chi connectivity index (χ0n) is 16.9. The van der Waals surface area contributed by atoms with E-state index in [1.165, 1.54) is 6.26 Å². The number of rotatable bonds is 6. The number of nitrogens with zero attached hydrogens (tertiary/aromatic N) is 2. The minimum atomic E-state index is -0.686. The molecule has 1 atom stereocenters. The number of ether oxygens (including phenoxy) is 2. The summed E-state index contributed by atoms with van der Waals surface area (Å²) in [6.45, 7) is 4.33. The van der Waals surface area contributed by atoms with Crippen LogP contribution in [0.2, 0.25) is 0 Å². The summed E-state index contributed by atoms with van der Waals surface area (Å²) in [6, 6.07) is 9.22. The molecule has 4 rings (SSSR count). The molecular formula is C21H26N4O5. The van der Waals surface area contributed by atoms with E-state index in [0.29, 0.717) is 18.1 Å². The first-order valence-corrected chi connectivity index (χ1v) is 10.0. The summed E-state index contributed by atoms with van der Waals surface area (Å²) < 4.78 is 16.1. The lowest BCUT2D eigenvalue weighted by atomic mass is 10.0. The van der Waals surface area contributed by atoms with Gasteiger partial charge in [0.1, 0.15) is 5.76 Å². The number of carbonyl (C=O) groups excluding carboxylic acids is 2. The number of carbonyl (C=O) groups is 2. The second kappa shape index (κ2) is 9.19. The summed E-state index contributed by atoms with van der Waals surface area (Å²) in [5.74, 6) is 0.661. The topological polar surface area (TPSA) is 96.3 Å². The molecule has 1 aromatic heterocycles. The van der Waals surface area contributed by atoms with Gasteiger partial charge in [0.2, 0.25) is 6.79 Å². The minimum absolute atomic E-state index is 0.0741. The van der Waals surface area contributed by atoms with E-state index in [1.807, 2.05) is 18.2 Å². The first-order valence-electron chi connectivity index (χ1n) is 10.0. The fourth-order valence-electron chi connectivity index (χ4n) is 3.64. The van der Waals surface area contributed by atoms with Crippen molar-refractivity contribution in [1.29, 1.82) is 0 Å². The molecule has 1 aromatic carbocycles. The Hall–Kier alpha value is -3.04. The van der Waals surface area contributed by atoms with E-state index in [2.05, 4.69) is 27.5 Å². The Labute approximate surface area is 174 Å². The van der Waals surface area contributed by atoms with Gasteiger partial charge in [0.15, 0.2) is 11.5 Å². The molecule has 160 valence electrons. The molecule has 2 aliphatic rings. The molecule has 0 spiro atoms. The van der Waals surface area contributed by atoms with E-state index in [9.17, 15) is 9.59 Å². The van der Waals surface area contributed by atoms with Crippen molar-refractivity contribution in [3.05, 3.63) is 47.9 Å². The molecule has 2 amide bonds. The van der Waals surface area contributed by atoms with Gasteiger partial charge in [-0.2, -0.15) is 0 Å². The van der Waals surface area contributed by atoms with E-state index < -0.39 is 11.8 Å². The van der Waals surface area contributed by atoms with E-state index in [-0.39, 0.29) is 19.4 Å². The Balaban J connectivity index is 1.40. The molecule has 0 radical (unpaired) electrons. The Morgan fingerprint density at radius 1 is 1.03 bits per heavy atom. The molecule has 0 bridgehead atoms. The number of furan rings is 1. The minimum Gasteiger partial charge on any atom is -0.467 e. The maximum atomic E-state index is 12.3. The van der Waals surface area contributed by atoms with Gasteiger partial charge in [-0.25, -0.2) is 0 Å². The molecule has 2 aliphatic heterocycles. The predicted octanol–water partition coefficient (Wildman–Crippen LogP) is 0.729. The largest absolute Gasteiger partial charge is 0.467 e. The number of hydrogen-bond acceptors (Lipinski definition) is 7. The zero-order chi connectivity index (χ0) is 20.9. The van der Waals surface area contributed by atoms with Gasteiger partial charge < -0.3 is 29.4 Å². The Bertz CT molecular complexity index is 878. The van der Waals surface area contributed by atoms with E-state index >= 15 is 0 Å². The molecule has 1 saturated heterocycles. The number of likely N-dealkylation sites (N-methyl/N-ethyl adjacent to an activating group) is 1. The molecule has 30 heavy (non-hydrogen) atoms. The average Bonchev–Trinajstić information content (AvgIpc) is 3.44. The highest BCUT2D eigenvalue weighted by atomic mass is 16.7. The summed E-state index contributed by atoms with van der Waals surface area (Å²) in [5, 5.41) is 5.34. The highest BCUT2D eigenvalue weighted by Crippen LogP contribution is 2.35. The molecule has 2 aromatic rings. The summed E-state index contributed by atoms with van der Waals surface area (Å²) in [7, 11) is 2.10. The number of nitrogens with one attached hydrogen (secondary N) is 2. The van der Waals surface area contributed by atoms with Crippen molar-refractivity contribution in [3.63, 3.8) is 0 Å². The molecule has 3 heterocycles. The standard InChI is InChI=1S/C21H26N4O5/c1-24-6-8-25(9-7-24)17(15-4-5-18-19(11-15)30-14-29-18)13-23-21(27)20(26)22-12-16-3-2-10-28-16/h2-5,10-11,17H,6-9,12-14H2,1H3,(H,22,26)(H,23,27)/t17-/m1/s1. The summed E-state index contributed by atoms with van der Waals surface area (Å²) in [5.41, 5.74) is 1.01. The molecule has 0 unspecified atom stereocenters. The Kier molecular flexibility index (Phi) is 6.20. The number of fused-ring (bicyclic) bond motifs is 1. The number of benzene rings is 1. The third-order valence-electron chi connectivity index (χ3n) is 5.43. The smallest absolute Gasteiger partial charge is 0.309 e. The highest BCUT2D eigenvalue weighted by molar-refractivity contribution is 6.35. The SMILES string of the molecule is CN1CCN([C@H](CNC(=O)C(=O)NCc2ccco2)c2ccc3c(c2)OCO3)CC1. The average molecular weight is 414 g/mol. The molecule has 9 heteroatoms. The van der Waals surface area contributed by atoms with Crippen LogP contribution in [0, 0.1) is 0 Å². The predicted molar refractivity (Wildman–Crippen MR) is 108 cm³/mol. The van der Waals surface area contributed by atoms with Crippen LogP contribution < -0.4 is 20.1 Å². The van der Waals surface area contributed by atoms with Crippen molar-refractivity contribution < 1.29 is 23.5 Å². The van der Waals surface area contributed by atoms with Crippen LogP contribution in [0.3, 0.4) is 0 Å². The Morgan fingerprint density at radius 2 is 1.80 bits per heavy atom. The molecule has 9 nitrogen and oxygen atoms in total. The molecular weight excluding hydrogens is 388 g/mol. The van der Waals surface area contributed by atoms with Crippen molar-refractivity contribution in [2.75, 3.05) is 46.6 Å². The van der Waals surface area contributed by atoms with Crippen LogP contribution in [0.4, 0.5) is 0 Å². The number of hydrogen-bond donors (Lipinski definition) is 2. The van der Waals surface area contributed by atoms with E-state index in [1.54, 1.807) is 12.1 Å². The first-order chi connectivity index (χ1) is 14.6. The van der Waals surface area contributed by atoms with Crippen molar-refractivity contribution in [3.8, 4) is 11.5 Å². The lowest BCUT2D eigenvalue weighted by Gasteiger charge is -2.38. The maximum absolute atomic E-state index is 12.3. The molecule has 0 saturated carbocycles. The van der Waals surface area contributed by atoms with Crippen LogP contribution in [-0.2, 0) is 16.1 Å². The molecule has 2 N–H and O–H groups in total. The van der Waals surface area contributed by atoms with E-state index in [4.69, 9.17) is 13.9 Å². The van der Waals surface area contributed by atoms with Crippen LogP contribution in [0.1, 0.15) is 17.4 Å². The van der Waals surface area contributed by atoms with Crippen molar-refractivity contribution in [2.45, 2.75) is 12.6 Å². The monoisotopic (exact) mass is 414 g/mol. The third-order valence-corrected chi connectivity index (χ3v) is 5.43. The van der Waals surface area contributed by atoms with Gasteiger partial charge in [-0.15, -0.1) is 0 Å². The molecule has 1 fully saturated rings. The van der Waals surface area contributed by atoms with Gasteiger partial charge in [0, 0.05) is 32.7 Å². The highest BCUT2D eigenvalue weighted by Gasteiger charge is 2.27. The Morgan fingerprint density at radius 3 is 2.57 bits per heavy atom. The van der Waals surface area contributed by atoms with Crippen molar-refractivity contribution >= 4 is 11.8 Å². The summed E-state index contributed by atoms with van der Waals surface area (Å²) >= 11 is 0.